The van der Waals surface area contributed by atoms with Crippen molar-refractivity contribution in [3.8, 4) is 6.01 Å². The molecule has 3 N–H and O–H groups in total. The maximum Gasteiger partial charge on any atom is 0.397 e. The van der Waals surface area contributed by atoms with Gasteiger partial charge in [-0.15, -0.1) is 0 Å². The van der Waals surface area contributed by atoms with E-state index in [2.05, 4.69) is 19.9 Å². The van der Waals surface area contributed by atoms with Crippen LogP contribution in [0.15, 0.2) is 28.1 Å². The number of nitrogens with zero attached hydrogens (tertiary/aromatic N) is 4. The van der Waals surface area contributed by atoms with E-state index in [9.17, 15) is 18.0 Å². The Morgan fingerprint density at radius 3 is 2.60 bits per heavy atom. The fourth-order valence-electron chi connectivity index (χ4n) is 4.71. The number of nitrogens with two attached hydrogens (primary N) is 1. The van der Waals surface area contributed by atoms with Gasteiger partial charge in [-0.25, -0.2) is 4.79 Å². The van der Waals surface area contributed by atoms with E-state index in [1.165, 1.54) is 24.7 Å². The molecule has 0 aromatic carbocycles. The summed E-state index contributed by atoms with van der Waals surface area (Å²) < 4.78 is 53.9. The second-order valence-electron chi connectivity index (χ2n) is 9.40. The van der Waals surface area contributed by atoms with Crippen LogP contribution >= 0.6 is 0 Å². The molecule has 2 aromatic heterocycles. The topological polar surface area (TPSA) is 111 Å². The Balaban J connectivity index is 1.68. The molecule has 4 rings (SSSR count). The van der Waals surface area contributed by atoms with Gasteiger partial charge in [0.1, 0.15) is 12.1 Å². The van der Waals surface area contributed by atoms with Crippen LogP contribution in [-0.2, 0) is 11.3 Å². The van der Waals surface area contributed by atoms with Gasteiger partial charge in [-0.1, -0.05) is 24.1 Å². The van der Waals surface area contributed by atoms with E-state index >= 15 is 0 Å². The number of nitrogens with one attached hydrogen (secondary N) is 1. The van der Waals surface area contributed by atoms with Crippen molar-refractivity contribution in [1.82, 2.24) is 24.4 Å². The minimum atomic E-state index is -4.43. The van der Waals surface area contributed by atoms with Gasteiger partial charge in [-0.3, -0.25) is 9.47 Å². The Morgan fingerprint density at radius 1 is 1.17 bits per heavy atom. The summed E-state index contributed by atoms with van der Waals surface area (Å²) in [6.07, 6.45) is 1.71. The Kier molecular flexibility index (Phi) is 7.22. The van der Waals surface area contributed by atoms with Gasteiger partial charge in [0.25, 0.3) is 0 Å². The summed E-state index contributed by atoms with van der Waals surface area (Å²) >= 11 is 0. The molecule has 2 aromatic rings. The van der Waals surface area contributed by atoms with Gasteiger partial charge in [-0.2, -0.15) is 23.1 Å². The number of hydrogen-bond acceptors (Lipinski definition) is 7. The zero-order valence-corrected chi connectivity index (χ0v) is 20.0. The molecule has 1 fully saturated rings. The van der Waals surface area contributed by atoms with Crippen molar-refractivity contribution < 1.29 is 22.6 Å². The second-order valence-corrected chi connectivity index (χ2v) is 9.40. The number of fused-ring (bicyclic) bond motifs is 1. The molecule has 0 amide bonds. The van der Waals surface area contributed by atoms with E-state index in [-0.39, 0.29) is 42.6 Å². The quantitative estimate of drug-likeness (QED) is 0.541. The number of imidazole rings is 1. The second kappa shape index (κ2) is 10.0. The average Bonchev–Trinajstić information content (AvgIpc) is 3.09. The summed E-state index contributed by atoms with van der Waals surface area (Å²) in [7, 11) is 1.52. The van der Waals surface area contributed by atoms with Gasteiger partial charge >= 0.3 is 17.9 Å². The number of halogens is 3. The largest absolute Gasteiger partial charge is 0.461 e. The van der Waals surface area contributed by atoms with Gasteiger partial charge in [-0.05, 0) is 44.8 Å². The number of methoxy groups -OCH3 is 1. The average molecular weight is 497 g/mol. The van der Waals surface area contributed by atoms with Crippen LogP contribution in [0.25, 0.3) is 11.2 Å². The van der Waals surface area contributed by atoms with E-state index in [0.717, 1.165) is 32.4 Å². The summed E-state index contributed by atoms with van der Waals surface area (Å²) in [4.78, 5) is 25.9. The molecular formula is C23H31F3N6O3. The fraction of sp³-hybridized carbons (Fsp3) is 0.609. The molecule has 1 atom stereocenters. The van der Waals surface area contributed by atoms with Gasteiger partial charge in [0.2, 0.25) is 0 Å². The molecule has 1 unspecified atom stereocenters. The Bertz CT molecular complexity index is 1180. The molecule has 9 nitrogen and oxygen atoms in total. The van der Waals surface area contributed by atoms with Crippen molar-refractivity contribution in [1.29, 1.82) is 0 Å². The van der Waals surface area contributed by atoms with Crippen molar-refractivity contribution in [2.75, 3.05) is 45.7 Å². The number of allylic oxidation sites excluding steroid dienone is 3. The third-order valence-electron chi connectivity index (χ3n) is 6.50. The monoisotopic (exact) mass is 496 g/mol. The van der Waals surface area contributed by atoms with Gasteiger partial charge in [0.05, 0.1) is 18.6 Å². The molecule has 35 heavy (non-hydrogen) atoms. The summed E-state index contributed by atoms with van der Waals surface area (Å²) in [5.41, 5.74) is 4.88. The molecule has 0 spiro atoms. The number of ether oxygens (including phenoxy) is 2. The first kappa shape index (κ1) is 25.2. The highest BCUT2D eigenvalue weighted by molar-refractivity contribution is 5.82. The van der Waals surface area contributed by atoms with E-state index in [0.29, 0.717) is 24.3 Å². The highest BCUT2D eigenvalue weighted by Gasteiger charge is 2.50. The molecule has 0 bridgehead atoms. The zero-order valence-electron chi connectivity index (χ0n) is 20.0. The Labute approximate surface area is 200 Å². The Hall–Kier alpha value is -2.86. The van der Waals surface area contributed by atoms with Crippen molar-refractivity contribution >= 4 is 17.0 Å². The van der Waals surface area contributed by atoms with Crippen LogP contribution < -0.4 is 16.2 Å². The summed E-state index contributed by atoms with van der Waals surface area (Å²) in [5.74, 6) is 0.0114. The van der Waals surface area contributed by atoms with Gasteiger partial charge in [0.15, 0.2) is 11.5 Å². The molecule has 0 saturated carbocycles. The maximum absolute atomic E-state index is 14.1. The fourth-order valence-corrected chi connectivity index (χ4v) is 4.71. The van der Waals surface area contributed by atoms with Crippen LogP contribution in [0.2, 0.25) is 0 Å². The zero-order chi connectivity index (χ0) is 25.2. The number of rotatable bonds is 8. The standard InChI is InChI=1S/C23H31F3N6O3/c1-22(23(24,25)26)11-15(13-31-6-4-3-5-7-31)10-16(12-22)14-32-19-17(28-21(32)33)18(27)29-20(30-19)35-9-8-34-2/h10,12H,3-9,11,13-14H2,1-2H3,(H,28,33)(H2,27,29,30). The van der Waals surface area contributed by atoms with Crippen LogP contribution in [-0.4, -0.2) is 70.6 Å². The number of aromatic nitrogens is 4. The van der Waals surface area contributed by atoms with Gasteiger partial charge < -0.3 is 20.2 Å². The maximum atomic E-state index is 14.1. The molecule has 1 saturated heterocycles. The lowest BCUT2D eigenvalue weighted by atomic mass is 9.77. The smallest absolute Gasteiger partial charge is 0.397 e. The number of likely N-dealkylation sites (tertiary alicyclic amines) is 1. The number of anilines is 1. The first-order chi connectivity index (χ1) is 16.6. The van der Waals surface area contributed by atoms with E-state index in [4.69, 9.17) is 15.2 Å². The first-order valence-electron chi connectivity index (χ1n) is 11.7. The lowest BCUT2D eigenvalue weighted by molar-refractivity contribution is -0.200. The van der Waals surface area contributed by atoms with Crippen LogP contribution in [0.3, 0.4) is 0 Å². The number of H-pyrrole nitrogens is 1. The molecule has 0 radical (unpaired) electrons. The van der Waals surface area contributed by atoms with Crippen molar-refractivity contribution in [3.05, 3.63) is 33.8 Å². The highest BCUT2D eigenvalue weighted by Crippen LogP contribution is 2.47. The van der Waals surface area contributed by atoms with Crippen LogP contribution in [0.5, 0.6) is 6.01 Å². The molecule has 2 aliphatic rings. The summed E-state index contributed by atoms with van der Waals surface area (Å²) in [6, 6.07) is -0.0427. The molecule has 3 heterocycles. The number of nitrogen functional groups attached to an aromatic ring is 1. The molecule has 1 aliphatic carbocycles. The summed E-state index contributed by atoms with van der Waals surface area (Å²) in [6.45, 7) is 3.82. The van der Waals surface area contributed by atoms with Gasteiger partial charge in [0, 0.05) is 13.7 Å². The Morgan fingerprint density at radius 2 is 1.91 bits per heavy atom. The number of hydrogen-bond donors (Lipinski definition) is 2. The van der Waals surface area contributed by atoms with Crippen molar-refractivity contribution in [3.63, 3.8) is 0 Å². The molecular weight excluding hydrogens is 465 g/mol. The number of piperidine rings is 1. The summed E-state index contributed by atoms with van der Waals surface area (Å²) in [5, 5.41) is 0. The van der Waals surface area contributed by atoms with Crippen molar-refractivity contribution in [2.45, 2.75) is 45.3 Å². The van der Waals surface area contributed by atoms with Crippen LogP contribution in [0.1, 0.15) is 32.6 Å². The predicted octanol–water partition coefficient (Wildman–Crippen LogP) is 3.04. The lowest BCUT2D eigenvalue weighted by Gasteiger charge is -2.36. The lowest BCUT2D eigenvalue weighted by Crippen LogP contribution is -2.39. The first-order valence-corrected chi connectivity index (χ1v) is 11.7. The molecule has 192 valence electrons. The highest BCUT2D eigenvalue weighted by atomic mass is 19.4. The molecule has 1 aliphatic heterocycles. The minimum Gasteiger partial charge on any atom is -0.461 e. The molecule has 12 heteroatoms. The van der Waals surface area contributed by atoms with Crippen LogP contribution in [0.4, 0.5) is 19.0 Å². The SMILES string of the molecule is COCCOc1nc(N)c2[nH]c(=O)n(CC3=CC(C)(C(F)(F)F)CC(CN4CCCCC4)=C3)c2n1. The normalized spacial score (nSPS) is 21.7. The van der Waals surface area contributed by atoms with E-state index in [1.54, 1.807) is 6.08 Å². The number of aromatic amines is 1. The minimum absolute atomic E-state index is 0.0114. The number of alkyl halides is 3. The van der Waals surface area contributed by atoms with E-state index < -0.39 is 17.3 Å². The van der Waals surface area contributed by atoms with Crippen LogP contribution in [0, 0.1) is 5.41 Å². The predicted molar refractivity (Wildman–Crippen MR) is 125 cm³/mol. The third kappa shape index (κ3) is 5.53. The third-order valence-corrected chi connectivity index (χ3v) is 6.50. The van der Waals surface area contributed by atoms with E-state index in [1.807, 2.05) is 0 Å². The van der Waals surface area contributed by atoms with Crippen molar-refractivity contribution in [2.24, 2.45) is 5.41 Å².